The lowest BCUT2D eigenvalue weighted by Gasteiger charge is -2.53. The van der Waals surface area contributed by atoms with Crippen LogP contribution >= 0.6 is 0 Å². The minimum atomic E-state index is -0.146. The first-order chi connectivity index (χ1) is 12.2. The summed E-state index contributed by atoms with van der Waals surface area (Å²) in [5, 5.41) is 5.30. The van der Waals surface area contributed by atoms with E-state index < -0.39 is 0 Å². The molecule has 2 unspecified atom stereocenters. The molecule has 2 aromatic rings. The summed E-state index contributed by atoms with van der Waals surface area (Å²) in [5.74, 6) is 1.62. The molecule has 6 rings (SSSR count). The number of fused-ring (bicyclic) bond motifs is 1. The molecule has 1 amide bonds. The normalized spacial score (nSPS) is 29.8. The Balaban J connectivity index is 1.41. The zero-order valence-electron chi connectivity index (χ0n) is 14.2. The summed E-state index contributed by atoms with van der Waals surface area (Å²) in [6, 6.07) is 14.1. The summed E-state index contributed by atoms with van der Waals surface area (Å²) < 4.78 is 0. The van der Waals surface area contributed by atoms with Crippen molar-refractivity contribution < 1.29 is 4.79 Å². The predicted molar refractivity (Wildman–Crippen MR) is 102 cm³/mol. The molecule has 4 heteroatoms. The number of benzene rings is 2. The van der Waals surface area contributed by atoms with Gasteiger partial charge in [-0.05, 0) is 59.0 Å². The zero-order valence-corrected chi connectivity index (χ0v) is 14.2. The van der Waals surface area contributed by atoms with E-state index in [1.54, 1.807) is 0 Å². The second-order valence-corrected chi connectivity index (χ2v) is 7.83. The molecule has 2 aromatic carbocycles. The molecule has 2 atom stereocenters. The van der Waals surface area contributed by atoms with Gasteiger partial charge >= 0.3 is 0 Å². The van der Waals surface area contributed by atoms with Crippen LogP contribution in [0.2, 0.25) is 0 Å². The van der Waals surface area contributed by atoms with Crippen LogP contribution < -0.4 is 5.32 Å². The lowest BCUT2D eigenvalue weighted by atomic mass is 9.62. The molecular weight excluding hydrogens is 307 g/mol. The van der Waals surface area contributed by atoms with E-state index in [2.05, 4.69) is 22.3 Å². The highest BCUT2D eigenvalue weighted by Crippen LogP contribution is 2.47. The monoisotopic (exact) mass is 328 g/mol. The fourth-order valence-electron chi connectivity index (χ4n) is 5.23. The third-order valence-corrected chi connectivity index (χ3v) is 6.15. The van der Waals surface area contributed by atoms with Gasteiger partial charge in [0.2, 0.25) is 5.91 Å². The maximum absolute atomic E-state index is 12.8. The number of piperidine rings is 3. The summed E-state index contributed by atoms with van der Waals surface area (Å²) in [6.45, 7) is 3.39. The van der Waals surface area contributed by atoms with Crippen molar-refractivity contribution in [2.75, 3.05) is 25.0 Å². The van der Waals surface area contributed by atoms with Gasteiger partial charge in [0.1, 0.15) is 7.85 Å². The maximum atomic E-state index is 12.8. The van der Waals surface area contributed by atoms with Crippen molar-refractivity contribution in [1.29, 1.82) is 0 Å². The molecule has 4 aliphatic rings. The van der Waals surface area contributed by atoms with Crippen molar-refractivity contribution >= 4 is 30.2 Å². The number of nitrogens with one attached hydrogen (secondary N) is 1. The molecule has 0 spiro atoms. The van der Waals surface area contributed by atoms with E-state index in [-0.39, 0.29) is 5.91 Å². The van der Waals surface area contributed by atoms with E-state index in [4.69, 9.17) is 7.85 Å². The third kappa shape index (κ3) is 2.60. The second kappa shape index (κ2) is 5.74. The smallest absolute Gasteiger partial charge is 0.241 e. The zero-order chi connectivity index (χ0) is 17.0. The van der Waals surface area contributed by atoms with E-state index >= 15 is 0 Å². The van der Waals surface area contributed by atoms with Crippen molar-refractivity contribution in [2.24, 2.45) is 17.8 Å². The number of hydrogen-bond acceptors (Lipinski definition) is 2. The first-order valence-electron chi connectivity index (χ1n) is 9.19. The first kappa shape index (κ1) is 15.2. The Morgan fingerprint density at radius 1 is 1.00 bits per heavy atom. The molecule has 1 saturated carbocycles. The average Bonchev–Trinajstić information content (AvgIpc) is 2.60. The number of anilines is 1. The van der Waals surface area contributed by atoms with Gasteiger partial charge in [-0.15, -0.1) is 0 Å². The molecule has 3 saturated heterocycles. The maximum Gasteiger partial charge on any atom is 0.241 e. The fourth-order valence-corrected chi connectivity index (χ4v) is 5.23. The third-order valence-electron chi connectivity index (χ3n) is 6.15. The molecule has 4 bridgehead atoms. The Kier molecular flexibility index (Phi) is 3.49. The Labute approximate surface area is 149 Å². The molecule has 3 heterocycles. The summed E-state index contributed by atoms with van der Waals surface area (Å²) >= 11 is 0. The molecule has 3 aliphatic heterocycles. The van der Waals surface area contributed by atoms with Crippen LogP contribution in [0, 0.1) is 17.8 Å². The Morgan fingerprint density at radius 2 is 1.72 bits per heavy atom. The van der Waals surface area contributed by atoms with Gasteiger partial charge < -0.3 is 10.2 Å². The topological polar surface area (TPSA) is 32.3 Å². The Bertz CT molecular complexity index is 858. The van der Waals surface area contributed by atoms with Gasteiger partial charge in [0.05, 0.1) is 0 Å². The number of carbonyl (C=O) groups is 1. The molecule has 1 aliphatic carbocycles. The minimum absolute atomic E-state index is 0.146. The van der Waals surface area contributed by atoms with Gasteiger partial charge in [-0.1, -0.05) is 35.9 Å². The molecule has 4 fully saturated rings. The van der Waals surface area contributed by atoms with Crippen LogP contribution in [-0.2, 0) is 4.79 Å². The van der Waals surface area contributed by atoms with Gasteiger partial charge in [-0.3, -0.25) is 4.79 Å². The summed E-state index contributed by atoms with van der Waals surface area (Å²) in [7, 11) is 6.35. The lowest BCUT2D eigenvalue weighted by molar-refractivity contribution is -0.112. The van der Waals surface area contributed by atoms with Crippen molar-refractivity contribution in [1.82, 2.24) is 4.90 Å². The molecular formula is C21H21BN2O. The van der Waals surface area contributed by atoms with E-state index in [9.17, 15) is 4.79 Å². The summed E-state index contributed by atoms with van der Waals surface area (Å²) in [4.78, 5) is 15.3. The van der Waals surface area contributed by atoms with E-state index in [1.165, 1.54) is 30.3 Å². The second-order valence-electron chi connectivity index (χ2n) is 7.83. The van der Waals surface area contributed by atoms with Gasteiger partial charge in [0.25, 0.3) is 0 Å². The minimum Gasteiger partial charge on any atom is -0.323 e. The van der Waals surface area contributed by atoms with Crippen LogP contribution in [0.5, 0.6) is 0 Å². The van der Waals surface area contributed by atoms with E-state index in [1.807, 2.05) is 30.3 Å². The highest BCUT2D eigenvalue weighted by molar-refractivity contribution is 6.39. The number of nitrogens with zero attached hydrogens (tertiary/aromatic N) is 1. The number of hydrogen-bond donors (Lipinski definition) is 1. The van der Waals surface area contributed by atoms with Crippen LogP contribution in [0.3, 0.4) is 0 Å². The standard InChI is InChI=1S/C21H21BN2O/c22-20(19-16-7-13-8-17(19)12-24(10-13)11-16)21(25)23-18-6-5-14-3-1-2-4-15(14)9-18/h1-6,9,13,16-17H,7-8,10-12H2,(H,23,25). The fraction of sp³-hybridized carbons (Fsp3) is 0.381. The summed E-state index contributed by atoms with van der Waals surface area (Å²) in [6.07, 6.45) is 2.40. The largest absolute Gasteiger partial charge is 0.323 e. The SMILES string of the molecule is [B]C(C(=O)Nc1ccc2ccccc2c1)=C1C2CC3CC1CN(C3)C2. The quantitative estimate of drug-likeness (QED) is 0.678. The van der Waals surface area contributed by atoms with Crippen molar-refractivity contribution in [2.45, 2.75) is 12.8 Å². The average molecular weight is 328 g/mol. The van der Waals surface area contributed by atoms with Crippen LogP contribution in [0.1, 0.15) is 12.8 Å². The van der Waals surface area contributed by atoms with Crippen LogP contribution in [0.15, 0.2) is 53.5 Å². The van der Waals surface area contributed by atoms with Crippen molar-refractivity contribution in [3.63, 3.8) is 0 Å². The molecule has 3 nitrogen and oxygen atoms in total. The predicted octanol–water partition coefficient (Wildman–Crippen LogP) is 3.17. The number of carbonyl (C=O) groups excluding carboxylic acids is 1. The van der Waals surface area contributed by atoms with E-state index in [0.717, 1.165) is 30.1 Å². The van der Waals surface area contributed by atoms with Crippen molar-refractivity contribution in [3.8, 4) is 0 Å². The van der Waals surface area contributed by atoms with Crippen LogP contribution in [0.25, 0.3) is 10.8 Å². The molecule has 0 aromatic heterocycles. The lowest BCUT2D eigenvalue weighted by Crippen LogP contribution is -2.55. The molecule has 124 valence electrons. The first-order valence-corrected chi connectivity index (χ1v) is 9.19. The van der Waals surface area contributed by atoms with E-state index in [0.29, 0.717) is 17.3 Å². The highest BCUT2D eigenvalue weighted by Gasteiger charge is 2.45. The molecule has 25 heavy (non-hydrogen) atoms. The van der Waals surface area contributed by atoms with Crippen molar-refractivity contribution in [3.05, 3.63) is 53.5 Å². The van der Waals surface area contributed by atoms with Gasteiger partial charge in [-0.2, -0.15) is 0 Å². The molecule has 2 radical (unpaired) electrons. The Morgan fingerprint density at radius 3 is 2.44 bits per heavy atom. The van der Waals surface area contributed by atoms with Gasteiger partial charge in [-0.25, -0.2) is 0 Å². The summed E-state index contributed by atoms with van der Waals surface area (Å²) in [5.41, 5.74) is 2.49. The Hall–Kier alpha value is -2.07. The number of rotatable bonds is 2. The van der Waals surface area contributed by atoms with Crippen LogP contribution in [-0.4, -0.2) is 38.3 Å². The van der Waals surface area contributed by atoms with Gasteiger partial charge in [0.15, 0.2) is 0 Å². The molecule has 1 N–H and O–H groups in total. The van der Waals surface area contributed by atoms with Gasteiger partial charge in [0, 0.05) is 25.3 Å². The highest BCUT2D eigenvalue weighted by atomic mass is 16.1. The number of amides is 1. The van der Waals surface area contributed by atoms with Crippen LogP contribution in [0.4, 0.5) is 5.69 Å².